The van der Waals surface area contributed by atoms with E-state index in [1.807, 2.05) is 25.1 Å². The maximum atomic E-state index is 11.7. The minimum atomic E-state index is -0.283. The van der Waals surface area contributed by atoms with Gasteiger partial charge in [-0.2, -0.15) is 0 Å². The Labute approximate surface area is 100 Å². The van der Waals surface area contributed by atoms with Crippen molar-refractivity contribution in [2.24, 2.45) is 0 Å². The second kappa shape index (κ2) is 4.37. The van der Waals surface area contributed by atoms with Gasteiger partial charge in [0.2, 0.25) is 0 Å². The van der Waals surface area contributed by atoms with E-state index in [-0.39, 0.29) is 11.8 Å². The first-order valence-corrected chi connectivity index (χ1v) is 5.40. The maximum absolute atomic E-state index is 11.7. The second-order valence-corrected chi connectivity index (χ2v) is 3.92. The average molecular weight is 227 g/mol. The highest BCUT2D eigenvalue weighted by molar-refractivity contribution is 6.28. The highest BCUT2D eigenvalue weighted by Gasteiger charge is 2.27. The van der Waals surface area contributed by atoms with Crippen LogP contribution in [0.2, 0.25) is 0 Å². The summed E-state index contributed by atoms with van der Waals surface area (Å²) in [7, 11) is 0. The number of anilines is 1. The lowest BCUT2D eigenvalue weighted by Crippen LogP contribution is -2.31. The first-order chi connectivity index (χ1) is 8.15. The Kier molecular flexibility index (Phi) is 2.91. The van der Waals surface area contributed by atoms with Crippen LogP contribution in [0.5, 0.6) is 0 Å². The van der Waals surface area contributed by atoms with E-state index in [9.17, 15) is 9.59 Å². The van der Waals surface area contributed by atoms with Gasteiger partial charge < -0.3 is 0 Å². The number of benzene rings is 1. The predicted octanol–water partition coefficient (Wildman–Crippen LogP) is 2.15. The van der Waals surface area contributed by atoms with Crippen LogP contribution in [0, 0.1) is 6.92 Å². The molecule has 1 aromatic rings. The van der Waals surface area contributed by atoms with Crippen LogP contribution in [0.25, 0.3) is 0 Å². The molecule has 1 aromatic carbocycles. The molecule has 3 nitrogen and oxygen atoms in total. The number of aryl methyl sites for hydroxylation is 1. The number of para-hydroxylation sites is 1. The van der Waals surface area contributed by atoms with Gasteiger partial charge in [0, 0.05) is 12.2 Å². The highest BCUT2D eigenvalue weighted by atomic mass is 16.2. The van der Waals surface area contributed by atoms with Gasteiger partial charge in [-0.3, -0.25) is 9.59 Å². The number of hydrogen-bond donors (Lipinski definition) is 0. The Morgan fingerprint density at radius 1 is 1.24 bits per heavy atom. The smallest absolute Gasteiger partial charge is 0.258 e. The third-order valence-corrected chi connectivity index (χ3v) is 2.72. The molecule has 0 spiro atoms. The Bertz CT molecular complexity index is 511. The van der Waals surface area contributed by atoms with E-state index in [0.29, 0.717) is 12.1 Å². The van der Waals surface area contributed by atoms with Gasteiger partial charge in [0.05, 0.1) is 5.69 Å². The van der Waals surface area contributed by atoms with Gasteiger partial charge in [-0.1, -0.05) is 24.3 Å². The molecule has 0 atom stereocenters. The molecule has 0 fully saturated rings. The van der Waals surface area contributed by atoms with E-state index >= 15 is 0 Å². The molecule has 2 amide bonds. The van der Waals surface area contributed by atoms with E-state index in [1.54, 1.807) is 6.08 Å². The fourth-order valence-electron chi connectivity index (χ4n) is 1.98. The van der Waals surface area contributed by atoms with Crippen LogP contribution in [0.3, 0.4) is 0 Å². The summed E-state index contributed by atoms with van der Waals surface area (Å²) in [5, 5.41) is 0. The number of nitrogens with zero attached hydrogens (tertiary/aromatic N) is 1. The SMILES string of the molecule is C=CCc1cccc(C)c1N1C(=O)C=CC1=O. The molecule has 1 aliphatic rings. The predicted molar refractivity (Wildman–Crippen MR) is 66.7 cm³/mol. The summed E-state index contributed by atoms with van der Waals surface area (Å²) in [6.45, 7) is 5.58. The van der Waals surface area contributed by atoms with E-state index < -0.39 is 0 Å². The lowest BCUT2D eigenvalue weighted by molar-refractivity contribution is -0.120. The summed E-state index contributed by atoms with van der Waals surface area (Å²) in [5.74, 6) is -0.566. The Morgan fingerprint density at radius 2 is 1.88 bits per heavy atom. The quantitative estimate of drug-likeness (QED) is 0.586. The minimum Gasteiger partial charge on any atom is -0.269 e. The van der Waals surface area contributed by atoms with Crippen molar-refractivity contribution >= 4 is 17.5 Å². The summed E-state index contributed by atoms with van der Waals surface area (Å²) in [4.78, 5) is 24.6. The van der Waals surface area contributed by atoms with Crippen molar-refractivity contribution in [3.05, 3.63) is 54.1 Å². The summed E-state index contributed by atoms with van der Waals surface area (Å²) < 4.78 is 0. The summed E-state index contributed by atoms with van der Waals surface area (Å²) in [5.41, 5.74) is 2.53. The van der Waals surface area contributed by atoms with E-state index in [0.717, 1.165) is 11.1 Å². The van der Waals surface area contributed by atoms with Gasteiger partial charge in [0.15, 0.2) is 0 Å². The standard InChI is InChI=1S/C14H13NO2/c1-3-5-11-7-4-6-10(2)14(11)15-12(16)8-9-13(15)17/h3-4,6-9H,1,5H2,2H3. The fourth-order valence-corrected chi connectivity index (χ4v) is 1.98. The molecule has 3 heteroatoms. The molecule has 2 rings (SSSR count). The summed E-state index contributed by atoms with van der Waals surface area (Å²) in [6, 6.07) is 5.71. The lowest BCUT2D eigenvalue weighted by atomic mass is 10.0. The van der Waals surface area contributed by atoms with Gasteiger partial charge in [0.25, 0.3) is 11.8 Å². The summed E-state index contributed by atoms with van der Waals surface area (Å²) >= 11 is 0. The van der Waals surface area contributed by atoms with Crippen LogP contribution in [0.4, 0.5) is 5.69 Å². The number of amides is 2. The zero-order valence-electron chi connectivity index (χ0n) is 9.64. The average Bonchev–Trinajstić information content (AvgIpc) is 2.61. The molecule has 0 saturated carbocycles. The highest BCUT2D eigenvalue weighted by Crippen LogP contribution is 2.28. The van der Waals surface area contributed by atoms with Crippen molar-refractivity contribution in [2.45, 2.75) is 13.3 Å². The third-order valence-electron chi connectivity index (χ3n) is 2.72. The van der Waals surface area contributed by atoms with Crippen molar-refractivity contribution in [3.63, 3.8) is 0 Å². The van der Waals surface area contributed by atoms with Crippen molar-refractivity contribution in [1.82, 2.24) is 0 Å². The zero-order valence-corrected chi connectivity index (χ0v) is 9.64. The van der Waals surface area contributed by atoms with Crippen LogP contribution >= 0.6 is 0 Å². The topological polar surface area (TPSA) is 37.4 Å². The molecule has 0 aliphatic carbocycles. The molecule has 0 N–H and O–H groups in total. The van der Waals surface area contributed by atoms with Crippen LogP contribution in [-0.2, 0) is 16.0 Å². The van der Waals surface area contributed by atoms with Crippen molar-refractivity contribution in [3.8, 4) is 0 Å². The normalized spacial score (nSPS) is 14.5. The van der Waals surface area contributed by atoms with E-state index in [1.165, 1.54) is 17.1 Å². The molecular weight excluding hydrogens is 214 g/mol. The molecule has 1 aliphatic heterocycles. The van der Waals surface area contributed by atoms with Crippen LogP contribution in [0.1, 0.15) is 11.1 Å². The first-order valence-electron chi connectivity index (χ1n) is 5.40. The molecule has 0 radical (unpaired) electrons. The molecular formula is C14H13NO2. The number of carbonyl (C=O) groups excluding carboxylic acids is 2. The summed E-state index contributed by atoms with van der Waals surface area (Å²) in [6.07, 6.45) is 4.99. The van der Waals surface area contributed by atoms with Crippen LogP contribution < -0.4 is 4.90 Å². The third kappa shape index (κ3) is 1.91. The van der Waals surface area contributed by atoms with Crippen LogP contribution in [-0.4, -0.2) is 11.8 Å². The fraction of sp³-hybridized carbons (Fsp3) is 0.143. The molecule has 1 heterocycles. The Hall–Kier alpha value is -2.16. The molecule has 17 heavy (non-hydrogen) atoms. The number of carbonyl (C=O) groups is 2. The lowest BCUT2D eigenvalue weighted by Gasteiger charge is -2.20. The second-order valence-electron chi connectivity index (χ2n) is 3.92. The number of hydrogen-bond acceptors (Lipinski definition) is 2. The molecule has 0 unspecified atom stereocenters. The Balaban J connectivity index is 2.54. The van der Waals surface area contributed by atoms with Gasteiger partial charge in [-0.05, 0) is 24.5 Å². The maximum Gasteiger partial charge on any atom is 0.258 e. The minimum absolute atomic E-state index is 0.283. The van der Waals surface area contributed by atoms with E-state index in [4.69, 9.17) is 0 Å². The van der Waals surface area contributed by atoms with Crippen LogP contribution in [0.15, 0.2) is 43.0 Å². The van der Waals surface area contributed by atoms with E-state index in [2.05, 4.69) is 6.58 Å². The van der Waals surface area contributed by atoms with Crippen molar-refractivity contribution in [1.29, 1.82) is 0 Å². The van der Waals surface area contributed by atoms with Gasteiger partial charge in [-0.25, -0.2) is 4.90 Å². The Morgan fingerprint density at radius 3 is 2.47 bits per heavy atom. The van der Waals surface area contributed by atoms with Crippen molar-refractivity contribution in [2.75, 3.05) is 4.90 Å². The monoisotopic (exact) mass is 227 g/mol. The molecule has 0 bridgehead atoms. The van der Waals surface area contributed by atoms with Crippen molar-refractivity contribution < 1.29 is 9.59 Å². The zero-order chi connectivity index (χ0) is 12.4. The molecule has 0 aromatic heterocycles. The molecule has 86 valence electrons. The van der Waals surface area contributed by atoms with Gasteiger partial charge in [-0.15, -0.1) is 6.58 Å². The van der Waals surface area contributed by atoms with Gasteiger partial charge >= 0.3 is 0 Å². The number of rotatable bonds is 3. The number of allylic oxidation sites excluding steroid dienone is 1. The number of imide groups is 1. The van der Waals surface area contributed by atoms with Gasteiger partial charge in [0.1, 0.15) is 0 Å². The molecule has 0 saturated heterocycles. The largest absolute Gasteiger partial charge is 0.269 e. The first kappa shape index (κ1) is 11.3.